The molecule has 3 unspecified atom stereocenters. The molecule has 1 N–H and O–H groups in total. The van der Waals surface area contributed by atoms with Gasteiger partial charge in [-0.2, -0.15) is 0 Å². The highest BCUT2D eigenvalue weighted by Crippen LogP contribution is 2.33. The summed E-state index contributed by atoms with van der Waals surface area (Å²) in [5.41, 5.74) is -3.68. The summed E-state index contributed by atoms with van der Waals surface area (Å²) in [4.78, 5) is 50.8. The topological polar surface area (TPSA) is 135 Å². The lowest BCUT2D eigenvalue weighted by Crippen LogP contribution is -2.63. The molecule has 10 heteroatoms. The number of carbonyl (C=O) groups excluding carboxylic acids is 4. The first kappa shape index (κ1) is 31.8. The Labute approximate surface area is 214 Å². The van der Waals surface area contributed by atoms with Crippen molar-refractivity contribution in [2.75, 3.05) is 6.61 Å². The van der Waals surface area contributed by atoms with Crippen molar-refractivity contribution in [2.24, 2.45) is 21.7 Å². The fourth-order valence-electron chi connectivity index (χ4n) is 2.71. The molecule has 208 valence electrons. The van der Waals surface area contributed by atoms with E-state index < -0.39 is 82.8 Å². The van der Waals surface area contributed by atoms with Crippen LogP contribution in [0.3, 0.4) is 0 Å². The highest BCUT2D eigenvalue weighted by atomic mass is 16.7. The van der Waals surface area contributed by atoms with E-state index in [1.54, 1.807) is 83.1 Å². The van der Waals surface area contributed by atoms with Crippen LogP contribution in [-0.2, 0) is 42.9 Å². The summed E-state index contributed by atoms with van der Waals surface area (Å²) in [7, 11) is 0. The minimum atomic E-state index is -1.75. The molecule has 0 radical (unpaired) electrons. The molecule has 1 aliphatic rings. The van der Waals surface area contributed by atoms with Crippen LogP contribution in [0.4, 0.5) is 0 Å². The Kier molecular flexibility index (Phi) is 9.77. The Hall–Kier alpha value is -2.20. The van der Waals surface area contributed by atoms with Gasteiger partial charge in [0, 0.05) is 0 Å². The predicted molar refractivity (Wildman–Crippen MR) is 129 cm³/mol. The summed E-state index contributed by atoms with van der Waals surface area (Å²) in [6.45, 7) is 19.2. The highest BCUT2D eigenvalue weighted by molar-refractivity contribution is 5.78. The van der Waals surface area contributed by atoms with Gasteiger partial charge in [-0.25, -0.2) is 0 Å². The summed E-state index contributed by atoms with van der Waals surface area (Å²) >= 11 is 0. The molecule has 0 saturated carbocycles. The maximum Gasteiger partial charge on any atom is 0.311 e. The maximum atomic E-state index is 12.9. The highest BCUT2D eigenvalue weighted by Gasteiger charge is 2.54. The van der Waals surface area contributed by atoms with Crippen LogP contribution in [0.5, 0.6) is 0 Å². The summed E-state index contributed by atoms with van der Waals surface area (Å²) in [5.74, 6) is -2.57. The van der Waals surface area contributed by atoms with Gasteiger partial charge in [-0.3, -0.25) is 19.2 Å². The smallest absolute Gasteiger partial charge is 0.311 e. The molecular formula is C26H44O10. The first-order valence-electron chi connectivity index (χ1n) is 12.1. The third kappa shape index (κ3) is 8.73. The molecule has 10 nitrogen and oxygen atoms in total. The van der Waals surface area contributed by atoms with Gasteiger partial charge >= 0.3 is 23.9 Å². The van der Waals surface area contributed by atoms with Gasteiger partial charge in [-0.05, 0) is 83.1 Å². The molecule has 0 amide bonds. The molecule has 0 aliphatic carbocycles. The second-order valence-corrected chi connectivity index (χ2v) is 13.3. The summed E-state index contributed by atoms with van der Waals surface area (Å²) in [5, 5.41) is 10.8. The molecular weight excluding hydrogens is 472 g/mol. The summed E-state index contributed by atoms with van der Waals surface area (Å²) in [6.07, 6.45) is -7.25. The van der Waals surface area contributed by atoms with Crippen LogP contribution in [0.2, 0.25) is 0 Å². The second kappa shape index (κ2) is 11.0. The Morgan fingerprint density at radius 2 is 0.917 bits per heavy atom. The number of carbonyl (C=O) groups is 4. The Bertz CT molecular complexity index is 820. The molecule has 1 heterocycles. The number of aliphatic hydroxyl groups is 1. The second-order valence-electron chi connectivity index (χ2n) is 13.3. The van der Waals surface area contributed by atoms with E-state index in [-0.39, 0.29) is 0 Å². The van der Waals surface area contributed by atoms with Gasteiger partial charge in [0.1, 0.15) is 12.7 Å². The standard InChI is InChI=1S/C26H44O10/c1-23(2,3)19(28)32-13-14-15(34-20(29)24(4,5)6)16(35-21(30)25(7,8)9)17(18(27)33-14)36-22(31)26(10,11)12/h14-18,27H,13H2,1-12H3/t14?,15-,16?,17?,18-/m1/s1. The van der Waals surface area contributed by atoms with E-state index in [2.05, 4.69) is 0 Å². The lowest BCUT2D eigenvalue weighted by molar-refractivity contribution is -0.300. The van der Waals surface area contributed by atoms with Crippen LogP contribution in [-0.4, -0.2) is 66.3 Å². The van der Waals surface area contributed by atoms with Crippen LogP contribution >= 0.6 is 0 Å². The van der Waals surface area contributed by atoms with Crippen molar-refractivity contribution in [3.8, 4) is 0 Å². The van der Waals surface area contributed by atoms with Gasteiger partial charge in [-0.1, -0.05) is 0 Å². The SMILES string of the molecule is CC(C)(C)C(=O)OCC1O[C@@H](O)C(OC(=O)C(C)(C)C)C(OC(=O)C(C)(C)C)[C@@H]1OC(=O)C(C)(C)C. The Morgan fingerprint density at radius 3 is 1.28 bits per heavy atom. The van der Waals surface area contributed by atoms with Crippen molar-refractivity contribution in [1.29, 1.82) is 0 Å². The fraction of sp³-hybridized carbons (Fsp3) is 0.846. The van der Waals surface area contributed by atoms with Crippen LogP contribution in [0, 0.1) is 21.7 Å². The number of esters is 4. The minimum Gasteiger partial charge on any atom is -0.462 e. The number of hydrogen-bond acceptors (Lipinski definition) is 10. The van der Waals surface area contributed by atoms with Crippen LogP contribution in [0.1, 0.15) is 83.1 Å². The van der Waals surface area contributed by atoms with E-state index in [9.17, 15) is 24.3 Å². The first-order valence-corrected chi connectivity index (χ1v) is 12.1. The largest absolute Gasteiger partial charge is 0.462 e. The normalized spacial score (nSPS) is 25.5. The van der Waals surface area contributed by atoms with E-state index in [1.807, 2.05) is 0 Å². The number of aliphatic hydroxyl groups excluding tert-OH is 1. The van der Waals surface area contributed by atoms with Gasteiger partial charge in [0.2, 0.25) is 0 Å². The minimum absolute atomic E-state index is 0.404. The van der Waals surface area contributed by atoms with Crippen molar-refractivity contribution in [3.63, 3.8) is 0 Å². The average molecular weight is 517 g/mol. The third-order valence-electron chi connectivity index (χ3n) is 5.17. The molecule has 0 aromatic heterocycles. The van der Waals surface area contributed by atoms with Gasteiger partial charge in [0.25, 0.3) is 0 Å². The van der Waals surface area contributed by atoms with Crippen molar-refractivity contribution in [2.45, 2.75) is 114 Å². The summed E-state index contributed by atoms with van der Waals surface area (Å²) in [6, 6.07) is 0. The third-order valence-corrected chi connectivity index (χ3v) is 5.17. The van der Waals surface area contributed by atoms with Gasteiger partial charge in [-0.15, -0.1) is 0 Å². The number of hydrogen-bond donors (Lipinski definition) is 1. The number of rotatable bonds is 5. The van der Waals surface area contributed by atoms with E-state index in [0.29, 0.717) is 0 Å². The van der Waals surface area contributed by atoms with Crippen LogP contribution in [0.25, 0.3) is 0 Å². The maximum absolute atomic E-state index is 12.9. The molecule has 0 aromatic carbocycles. The van der Waals surface area contributed by atoms with E-state index in [0.717, 1.165) is 0 Å². The van der Waals surface area contributed by atoms with Crippen molar-refractivity contribution < 1.29 is 48.0 Å². The molecule has 0 bridgehead atoms. The Balaban J connectivity index is 3.50. The zero-order valence-corrected chi connectivity index (χ0v) is 23.7. The van der Waals surface area contributed by atoms with Gasteiger partial charge in [0.05, 0.1) is 21.7 Å². The van der Waals surface area contributed by atoms with Gasteiger partial charge < -0.3 is 28.8 Å². The molecule has 1 aliphatic heterocycles. The molecule has 1 fully saturated rings. The molecule has 36 heavy (non-hydrogen) atoms. The lowest BCUT2D eigenvalue weighted by Gasteiger charge is -2.44. The number of ether oxygens (including phenoxy) is 5. The average Bonchev–Trinajstić information content (AvgIpc) is 2.67. The molecule has 1 saturated heterocycles. The van der Waals surface area contributed by atoms with Gasteiger partial charge in [0.15, 0.2) is 24.6 Å². The van der Waals surface area contributed by atoms with Crippen LogP contribution in [0.15, 0.2) is 0 Å². The fourth-order valence-corrected chi connectivity index (χ4v) is 2.71. The van der Waals surface area contributed by atoms with Crippen molar-refractivity contribution in [3.05, 3.63) is 0 Å². The van der Waals surface area contributed by atoms with Crippen molar-refractivity contribution in [1.82, 2.24) is 0 Å². The van der Waals surface area contributed by atoms with E-state index in [1.165, 1.54) is 0 Å². The molecule has 5 atom stereocenters. The zero-order valence-electron chi connectivity index (χ0n) is 23.7. The predicted octanol–water partition coefficient (Wildman–Crippen LogP) is 3.17. The monoisotopic (exact) mass is 516 g/mol. The molecule has 0 aromatic rings. The van der Waals surface area contributed by atoms with Crippen molar-refractivity contribution >= 4 is 23.9 Å². The lowest BCUT2D eigenvalue weighted by atomic mass is 9.93. The molecule has 1 rings (SSSR count). The first-order chi connectivity index (χ1) is 16.0. The molecule has 0 spiro atoms. The quantitative estimate of drug-likeness (QED) is 0.429. The summed E-state index contributed by atoms with van der Waals surface area (Å²) < 4.78 is 28.0. The van der Waals surface area contributed by atoms with E-state index >= 15 is 0 Å². The van der Waals surface area contributed by atoms with Crippen LogP contribution < -0.4 is 0 Å². The zero-order chi connectivity index (χ0) is 28.4. The Morgan fingerprint density at radius 1 is 0.583 bits per heavy atom. The van der Waals surface area contributed by atoms with E-state index in [4.69, 9.17) is 23.7 Å².